The summed E-state index contributed by atoms with van der Waals surface area (Å²) in [7, 11) is 1.89. The average Bonchev–Trinajstić information content (AvgIpc) is 3.13. The van der Waals surface area contributed by atoms with Gasteiger partial charge in [-0.1, -0.05) is 32.5 Å². The van der Waals surface area contributed by atoms with Crippen LogP contribution in [-0.4, -0.2) is 32.5 Å². The van der Waals surface area contributed by atoms with Crippen molar-refractivity contribution in [3.8, 4) is 10.7 Å². The second kappa shape index (κ2) is 7.63. The number of amides is 3. The molecule has 0 unspecified atom stereocenters. The molecule has 2 aromatic heterocycles. The first-order chi connectivity index (χ1) is 12.6. The van der Waals surface area contributed by atoms with E-state index in [0.29, 0.717) is 16.5 Å². The lowest BCUT2D eigenvalue weighted by Crippen LogP contribution is -2.36. The number of thioether (sulfide) groups is 1. The van der Waals surface area contributed by atoms with E-state index in [9.17, 15) is 9.59 Å². The predicted octanol–water partition coefficient (Wildman–Crippen LogP) is 2.98. The highest BCUT2D eigenvalue weighted by molar-refractivity contribution is 7.99. The lowest BCUT2D eigenvalue weighted by atomic mass is 9.72. The fraction of sp³-hybridized carbons (Fsp3) is 0.556. The zero-order valence-electron chi connectivity index (χ0n) is 16.0. The standard InChI is InChI=1S/C18H25N5O2S2/c1-18(2,3)11-5-6-12-10(7-11)8-13(27-12)15-21-22-17(23(15)4)26-9-14(24)20-16(19)25/h8,11H,5-7,9H2,1-4H3,(H3,19,20,24,25)/t11-/m0/s1. The molecule has 0 bridgehead atoms. The third-order valence-electron chi connectivity index (χ3n) is 4.96. The number of carbonyl (C=O) groups excluding carboxylic acids is 2. The quantitative estimate of drug-likeness (QED) is 0.759. The molecule has 0 fully saturated rings. The normalized spacial score (nSPS) is 16.8. The molecule has 3 amide bonds. The minimum atomic E-state index is -0.850. The fourth-order valence-corrected chi connectivity index (χ4v) is 5.27. The molecule has 0 radical (unpaired) electrons. The monoisotopic (exact) mass is 407 g/mol. The van der Waals surface area contributed by atoms with Crippen LogP contribution in [0.1, 0.15) is 37.6 Å². The molecule has 2 heterocycles. The number of carbonyl (C=O) groups is 2. The Hall–Kier alpha value is -1.87. The highest BCUT2D eigenvalue weighted by atomic mass is 32.2. The maximum Gasteiger partial charge on any atom is 0.318 e. The van der Waals surface area contributed by atoms with Gasteiger partial charge in [0.1, 0.15) is 0 Å². The van der Waals surface area contributed by atoms with E-state index in [2.05, 4.69) is 37.0 Å². The van der Waals surface area contributed by atoms with Gasteiger partial charge in [-0.25, -0.2) is 4.79 Å². The molecule has 2 aromatic rings. The Morgan fingerprint density at radius 2 is 2.15 bits per heavy atom. The molecule has 1 atom stereocenters. The van der Waals surface area contributed by atoms with Gasteiger partial charge in [-0.2, -0.15) is 0 Å². The number of hydrogen-bond acceptors (Lipinski definition) is 6. The van der Waals surface area contributed by atoms with Crippen molar-refractivity contribution >= 4 is 35.0 Å². The Labute approximate surface area is 167 Å². The Bertz CT molecular complexity index is 866. The highest BCUT2D eigenvalue weighted by Gasteiger charge is 2.30. The third-order valence-corrected chi connectivity index (χ3v) is 7.21. The van der Waals surface area contributed by atoms with Gasteiger partial charge in [0.2, 0.25) is 5.91 Å². The summed E-state index contributed by atoms with van der Waals surface area (Å²) < 4.78 is 1.89. The van der Waals surface area contributed by atoms with Crippen molar-refractivity contribution in [2.75, 3.05) is 5.75 Å². The molecule has 0 aromatic carbocycles. The van der Waals surface area contributed by atoms with Gasteiger partial charge < -0.3 is 10.3 Å². The summed E-state index contributed by atoms with van der Waals surface area (Å²) in [6, 6.07) is 1.40. The Morgan fingerprint density at radius 3 is 2.81 bits per heavy atom. The summed E-state index contributed by atoms with van der Waals surface area (Å²) >= 11 is 3.01. The number of nitrogens with zero attached hydrogens (tertiary/aromatic N) is 3. The Balaban J connectivity index is 1.73. The second-order valence-corrected chi connectivity index (χ2v) is 10.0. The molecule has 27 heavy (non-hydrogen) atoms. The third kappa shape index (κ3) is 4.52. The number of fused-ring (bicyclic) bond motifs is 1. The molecule has 0 saturated heterocycles. The van der Waals surface area contributed by atoms with E-state index in [1.165, 1.54) is 28.6 Å². The number of nitrogens with one attached hydrogen (secondary N) is 1. The molecular weight excluding hydrogens is 382 g/mol. The largest absolute Gasteiger partial charge is 0.351 e. The van der Waals surface area contributed by atoms with Crippen LogP contribution in [0.4, 0.5) is 4.79 Å². The smallest absolute Gasteiger partial charge is 0.318 e. The van der Waals surface area contributed by atoms with Crippen LogP contribution in [0.3, 0.4) is 0 Å². The summed E-state index contributed by atoms with van der Waals surface area (Å²) in [5, 5.41) is 11.2. The molecule has 7 nitrogen and oxygen atoms in total. The van der Waals surface area contributed by atoms with Crippen LogP contribution in [0.15, 0.2) is 11.2 Å². The van der Waals surface area contributed by atoms with Crippen LogP contribution in [0.25, 0.3) is 10.7 Å². The Morgan fingerprint density at radius 1 is 1.41 bits per heavy atom. The molecule has 1 aliphatic rings. The fourth-order valence-electron chi connectivity index (χ4n) is 3.33. The topological polar surface area (TPSA) is 103 Å². The molecular formula is C18H25N5O2S2. The lowest BCUT2D eigenvalue weighted by molar-refractivity contribution is -0.117. The van der Waals surface area contributed by atoms with E-state index in [0.717, 1.165) is 23.5 Å². The number of thiophene rings is 1. The minimum absolute atomic E-state index is 0.0586. The maximum atomic E-state index is 11.6. The van der Waals surface area contributed by atoms with Crippen molar-refractivity contribution in [3.63, 3.8) is 0 Å². The van der Waals surface area contributed by atoms with E-state index in [4.69, 9.17) is 5.73 Å². The highest BCUT2D eigenvalue weighted by Crippen LogP contribution is 2.42. The summed E-state index contributed by atoms with van der Waals surface area (Å²) in [6.45, 7) is 6.95. The number of aromatic nitrogens is 3. The van der Waals surface area contributed by atoms with Crippen LogP contribution in [0.5, 0.6) is 0 Å². The van der Waals surface area contributed by atoms with Gasteiger partial charge in [0.25, 0.3) is 0 Å². The zero-order chi connectivity index (χ0) is 19.8. The molecule has 3 rings (SSSR count). The van der Waals surface area contributed by atoms with Crippen molar-refractivity contribution in [1.29, 1.82) is 0 Å². The summed E-state index contributed by atoms with van der Waals surface area (Å²) in [5.41, 5.74) is 6.69. The number of rotatable bonds is 4. The van der Waals surface area contributed by atoms with Crippen molar-refractivity contribution in [2.24, 2.45) is 24.1 Å². The number of primary amides is 1. The van der Waals surface area contributed by atoms with Gasteiger partial charge in [0.15, 0.2) is 11.0 Å². The van der Waals surface area contributed by atoms with E-state index < -0.39 is 11.9 Å². The lowest BCUT2D eigenvalue weighted by Gasteiger charge is -2.33. The number of nitrogens with two attached hydrogens (primary N) is 1. The van der Waals surface area contributed by atoms with Gasteiger partial charge in [0.05, 0.1) is 10.6 Å². The molecule has 0 spiro atoms. The van der Waals surface area contributed by atoms with E-state index >= 15 is 0 Å². The molecule has 9 heteroatoms. The molecule has 146 valence electrons. The molecule has 3 N–H and O–H groups in total. The SMILES string of the molecule is Cn1c(SCC(=O)NC(N)=O)nnc1-c1cc2c(s1)CC[C@H](C(C)(C)C)C2. The number of imide groups is 1. The maximum absolute atomic E-state index is 11.6. The zero-order valence-corrected chi connectivity index (χ0v) is 17.7. The summed E-state index contributed by atoms with van der Waals surface area (Å²) in [6.07, 6.45) is 3.46. The van der Waals surface area contributed by atoms with Gasteiger partial charge >= 0.3 is 6.03 Å². The first-order valence-corrected chi connectivity index (χ1v) is 10.7. The van der Waals surface area contributed by atoms with Crippen LogP contribution in [0.2, 0.25) is 0 Å². The van der Waals surface area contributed by atoms with Gasteiger partial charge in [-0.3, -0.25) is 10.1 Å². The van der Waals surface area contributed by atoms with Gasteiger partial charge in [0, 0.05) is 11.9 Å². The number of aryl methyl sites for hydroxylation is 1. The van der Waals surface area contributed by atoms with Crippen molar-refractivity contribution < 1.29 is 9.59 Å². The van der Waals surface area contributed by atoms with Crippen molar-refractivity contribution in [1.82, 2.24) is 20.1 Å². The number of hydrogen-bond donors (Lipinski definition) is 2. The second-order valence-electron chi connectivity index (χ2n) is 7.93. The van der Waals surface area contributed by atoms with Crippen molar-refractivity contribution in [2.45, 2.75) is 45.2 Å². The summed E-state index contributed by atoms with van der Waals surface area (Å²) in [5.74, 6) is 1.11. The van der Waals surface area contributed by atoms with Crippen LogP contribution in [0, 0.1) is 11.3 Å². The summed E-state index contributed by atoms with van der Waals surface area (Å²) in [4.78, 5) is 24.8. The molecule has 1 aliphatic carbocycles. The average molecular weight is 408 g/mol. The van der Waals surface area contributed by atoms with Crippen LogP contribution in [-0.2, 0) is 24.7 Å². The van der Waals surface area contributed by atoms with E-state index in [1.807, 2.05) is 16.9 Å². The van der Waals surface area contributed by atoms with Crippen LogP contribution >= 0.6 is 23.1 Å². The first kappa shape index (κ1) is 19.9. The molecule has 0 aliphatic heterocycles. The van der Waals surface area contributed by atoms with Crippen molar-refractivity contribution in [3.05, 3.63) is 16.5 Å². The van der Waals surface area contributed by atoms with Crippen LogP contribution < -0.4 is 11.1 Å². The molecule has 0 saturated carbocycles. The predicted molar refractivity (Wildman–Crippen MR) is 108 cm³/mol. The number of urea groups is 1. The first-order valence-electron chi connectivity index (χ1n) is 8.88. The minimum Gasteiger partial charge on any atom is -0.351 e. The van der Waals surface area contributed by atoms with E-state index in [-0.39, 0.29) is 5.75 Å². The van der Waals surface area contributed by atoms with Gasteiger partial charge in [-0.15, -0.1) is 21.5 Å². The Kier molecular flexibility index (Phi) is 5.62. The van der Waals surface area contributed by atoms with Gasteiger partial charge in [-0.05, 0) is 42.2 Å². The van der Waals surface area contributed by atoms with E-state index in [1.54, 1.807) is 11.3 Å².